The van der Waals surface area contributed by atoms with Crippen molar-refractivity contribution in [2.45, 2.75) is 5.92 Å². The van der Waals surface area contributed by atoms with Crippen LogP contribution in [0, 0.1) is 17.8 Å². The first-order valence-corrected chi connectivity index (χ1v) is 12.5. The molecule has 1 fully saturated rings. The topological polar surface area (TPSA) is 63.7 Å². The minimum atomic E-state index is -0.875. The summed E-state index contributed by atoms with van der Waals surface area (Å²) in [6, 6.07) is 28.0. The maximum absolute atomic E-state index is 14.0. The Morgan fingerprint density at radius 3 is 2.22 bits per heavy atom. The monoisotopic (exact) mass is 505 g/mol. The first-order chi connectivity index (χ1) is 18.0. The van der Waals surface area contributed by atoms with Gasteiger partial charge < -0.3 is 4.74 Å². The Kier molecular flexibility index (Phi) is 4.85. The molecule has 4 aromatic carbocycles. The molecule has 2 amide bonds. The number of carbonyl (C=O) groups excluding carboxylic acids is 3. The number of esters is 1. The van der Waals surface area contributed by atoms with Crippen LogP contribution in [0.15, 0.2) is 97.1 Å². The second kappa shape index (κ2) is 8.15. The summed E-state index contributed by atoms with van der Waals surface area (Å²) in [4.78, 5) is 42.7. The van der Waals surface area contributed by atoms with Crippen LogP contribution in [0.2, 0.25) is 5.02 Å². The third-order valence-electron chi connectivity index (χ3n) is 7.75. The van der Waals surface area contributed by atoms with E-state index in [1.54, 1.807) is 24.3 Å². The van der Waals surface area contributed by atoms with Crippen LogP contribution in [0.4, 0.5) is 5.69 Å². The van der Waals surface area contributed by atoms with Gasteiger partial charge in [0.15, 0.2) is 0 Å². The van der Waals surface area contributed by atoms with Crippen molar-refractivity contribution in [3.05, 3.63) is 113 Å². The number of nitrogens with zero attached hydrogens (tertiary/aromatic N) is 1. The molecule has 6 heteroatoms. The summed E-state index contributed by atoms with van der Waals surface area (Å²) < 4.78 is 5.92. The van der Waals surface area contributed by atoms with Crippen LogP contribution in [0.3, 0.4) is 0 Å². The Bertz CT molecular complexity index is 1640. The number of ether oxygens (including phenoxy) is 1. The van der Waals surface area contributed by atoms with Gasteiger partial charge in [0.2, 0.25) is 11.8 Å². The SMILES string of the molecule is O=C1Oc2c(ccc3ccccc23)C2=C[C@H](c3ccccc3)[C@@H]3C(=O)N(c4ccc(Cl)cc4)C(=O)[C@@H]3[C@@H]12. The molecule has 5 nitrogen and oxygen atoms in total. The fourth-order valence-electron chi connectivity index (χ4n) is 6.13. The number of hydrogen-bond donors (Lipinski definition) is 0. The maximum atomic E-state index is 14.0. The summed E-state index contributed by atoms with van der Waals surface area (Å²) in [5.74, 6) is -3.57. The smallest absolute Gasteiger partial charge is 0.319 e. The predicted octanol–water partition coefficient (Wildman–Crippen LogP) is 6.02. The number of anilines is 1. The number of benzene rings is 4. The van der Waals surface area contributed by atoms with Gasteiger partial charge in [0, 0.05) is 21.9 Å². The number of rotatable bonds is 2. The number of carbonyl (C=O) groups is 3. The van der Waals surface area contributed by atoms with E-state index in [2.05, 4.69) is 0 Å². The molecule has 2 aliphatic heterocycles. The van der Waals surface area contributed by atoms with Crippen molar-refractivity contribution in [1.29, 1.82) is 0 Å². The van der Waals surface area contributed by atoms with Crippen LogP contribution < -0.4 is 9.64 Å². The lowest BCUT2D eigenvalue weighted by Gasteiger charge is -2.38. The molecule has 1 saturated heterocycles. The van der Waals surface area contributed by atoms with E-state index in [1.807, 2.05) is 72.8 Å². The highest BCUT2D eigenvalue weighted by atomic mass is 35.5. The number of hydrogen-bond acceptors (Lipinski definition) is 4. The minimum absolute atomic E-state index is 0.321. The van der Waals surface area contributed by atoms with Crippen LogP contribution in [0.5, 0.6) is 5.75 Å². The highest BCUT2D eigenvalue weighted by molar-refractivity contribution is 6.31. The Hall–Kier alpha value is -4.22. The fourth-order valence-corrected chi connectivity index (χ4v) is 6.26. The molecular weight excluding hydrogens is 486 g/mol. The highest BCUT2D eigenvalue weighted by Crippen LogP contribution is 2.55. The van der Waals surface area contributed by atoms with Gasteiger partial charge in [0.25, 0.3) is 0 Å². The number of allylic oxidation sites excluding steroid dienone is 1. The van der Waals surface area contributed by atoms with E-state index in [9.17, 15) is 14.4 Å². The fraction of sp³-hybridized carbons (Fsp3) is 0.129. The van der Waals surface area contributed by atoms with Gasteiger partial charge in [-0.2, -0.15) is 0 Å². The number of imide groups is 1. The van der Waals surface area contributed by atoms with Crippen molar-refractivity contribution in [3.8, 4) is 5.75 Å². The molecule has 0 N–H and O–H groups in total. The van der Waals surface area contributed by atoms with Crippen LogP contribution in [0.1, 0.15) is 17.0 Å². The summed E-state index contributed by atoms with van der Waals surface area (Å²) in [7, 11) is 0. The summed E-state index contributed by atoms with van der Waals surface area (Å²) in [5, 5.41) is 2.30. The lowest BCUT2D eigenvalue weighted by atomic mass is 9.64. The molecule has 0 saturated carbocycles. The van der Waals surface area contributed by atoms with E-state index < -0.39 is 29.6 Å². The molecule has 0 unspecified atom stereocenters. The van der Waals surface area contributed by atoms with Gasteiger partial charge in [-0.1, -0.05) is 84.4 Å². The van der Waals surface area contributed by atoms with E-state index in [1.165, 1.54) is 4.90 Å². The average molecular weight is 506 g/mol. The number of fused-ring (bicyclic) bond motifs is 7. The van der Waals surface area contributed by atoms with Crippen molar-refractivity contribution >= 4 is 51.4 Å². The normalized spacial score (nSPS) is 24.3. The Morgan fingerprint density at radius 2 is 1.43 bits per heavy atom. The van der Waals surface area contributed by atoms with Crippen LogP contribution in [-0.4, -0.2) is 17.8 Å². The van der Waals surface area contributed by atoms with Gasteiger partial charge in [0.1, 0.15) is 5.75 Å². The lowest BCUT2D eigenvalue weighted by molar-refractivity contribution is -0.142. The zero-order chi connectivity index (χ0) is 25.3. The highest BCUT2D eigenvalue weighted by Gasteiger charge is 2.60. The van der Waals surface area contributed by atoms with Gasteiger partial charge in [-0.05, 0) is 40.8 Å². The number of amides is 2. The lowest BCUT2D eigenvalue weighted by Crippen LogP contribution is -2.42. The number of halogens is 1. The van der Waals surface area contributed by atoms with Crippen LogP contribution in [0.25, 0.3) is 16.3 Å². The van der Waals surface area contributed by atoms with E-state index >= 15 is 0 Å². The Labute approximate surface area is 217 Å². The van der Waals surface area contributed by atoms with E-state index in [4.69, 9.17) is 16.3 Å². The average Bonchev–Trinajstić information content (AvgIpc) is 3.19. The summed E-state index contributed by atoms with van der Waals surface area (Å²) in [6.45, 7) is 0. The Morgan fingerprint density at radius 1 is 0.730 bits per heavy atom. The summed E-state index contributed by atoms with van der Waals surface area (Å²) in [5.41, 5.74) is 2.89. The van der Waals surface area contributed by atoms with E-state index in [0.717, 1.165) is 27.5 Å². The molecule has 0 aromatic heterocycles. The molecule has 0 spiro atoms. The van der Waals surface area contributed by atoms with E-state index in [0.29, 0.717) is 16.5 Å². The first-order valence-electron chi connectivity index (χ1n) is 12.2. The molecule has 0 radical (unpaired) electrons. The summed E-state index contributed by atoms with van der Waals surface area (Å²) >= 11 is 6.06. The molecule has 0 bridgehead atoms. The largest absolute Gasteiger partial charge is 0.425 e. The van der Waals surface area contributed by atoms with Gasteiger partial charge in [-0.25, -0.2) is 4.90 Å². The van der Waals surface area contributed by atoms with Crippen molar-refractivity contribution < 1.29 is 19.1 Å². The minimum Gasteiger partial charge on any atom is -0.425 e. The van der Waals surface area contributed by atoms with E-state index in [-0.39, 0.29) is 11.8 Å². The van der Waals surface area contributed by atoms with Gasteiger partial charge >= 0.3 is 5.97 Å². The van der Waals surface area contributed by atoms with Gasteiger partial charge in [0.05, 0.1) is 23.4 Å². The van der Waals surface area contributed by atoms with Gasteiger partial charge in [-0.15, -0.1) is 0 Å². The molecular formula is C31H20ClNO4. The third kappa shape index (κ3) is 3.20. The molecule has 37 heavy (non-hydrogen) atoms. The quantitative estimate of drug-likeness (QED) is 0.190. The predicted molar refractivity (Wildman–Crippen MR) is 141 cm³/mol. The molecule has 3 aliphatic rings. The van der Waals surface area contributed by atoms with Crippen LogP contribution in [-0.2, 0) is 14.4 Å². The molecule has 180 valence electrons. The standard InChI is InChI=1S/C31H20ClNO4/c32-19-11-13-20(14-12-19)33-29(34)25-23(17-6-2-1-3-7-17)16-24-22-15-10-18-8-4-5-9-21(18)28(22)37-31(36)26(24)27(25)30(33)35/h1-16,23,25-27H/t23-,25+,26+,27+/m1/s1. The summed E-state index contributed by atoms with van der Waals surface area (Å²) in [6.07, 6.45) is 2.01. The molecule has 7 rings (SSSR count). The molecule has 1 aliphatic carbocycles. The van der Waals surface area contributed by atoms with Crippen molar-refractivity contribution in [2.24, 2.45) is 17.8 Å². The van der Waals surface area contributed by atoms with Gasteiger partial charge in [-0.3, -0.25) is 14.4 Å². The molecule has 2 heterocycles. The first kappa shape index (κ1) is 22.0. The second-order valence-electron chi connectivity index (χ2n) is 9.66. The second-order valence-corrected chi connectivity index (χ2v) is 10.1. The zero-order valence-electron chi connectivity index (χ0n) is 19.5. The Balaban J connectivity index is 1.44. The maximum Gasteiger partial charge on any atom is 0.319 e. The van der Waals surface area contributed by atoms with Crippen LogP contribution >= 0.6 is 11.6 Å². The molecule has 4 aromatic rings. The van der Waals surface area contributed by atoms with Crippen molar-refractivity contribution in [3.63, 3.8) is 0 Å². The third-order valence-corrected chi connectivity index (χ3v) is 8.01. The van der Waals surface area contributed by atoms with Crippen molar-refractivity contribution in [1.82, 2.24) is 0 Å². The van der Waals surface area contributed by atoms with Crippen molar-refractivity contribution in [2.75, 3.05) is 4.90 Å². The zero-order valence-corrected chi connectivity index (χ0v) is 20.3. The molecule has 4 atom stereocenters.